The summed E-state index contributed by atoms with van der Waals surface area (Å²) >= 11 is 7.23. The lowest BCUT2D eigenvalue weighted by molar-refractivity contribution is -0.117. The fourth-order valence-corrected chi connectivity index (χ4v) is 2.22. The number of imide groups is 1. The number of carbonyl (C=O) groups is 2. The molecule has 0 bridgehead atoms. The third-order valence-corrected chi connectivity index (χ3v) is 3.34. The van der Waals surface area contributed by atoms with Crippen molar-refractivity contribution < 1.29 is 9.59 Å². The summed E-state index contributed by atoms with van der Waals surface area (Å²) in [6, 6.07) is 7.01. The van der Waals surface area contributed by atoms with Gasteiger partial charge >= 0.3 is 6.03 Å². The Hall–Kier alpha value is -1.20. The summed E-state index contributed by atoms with van der Waals surface area (Å²) in [4.78, 5) is 22.7. The second-order valence-corrected chi connectivity index (χ2v) is 5.72. The van der Waals surface area contributed by atoms with Gasteiger partial charge in [-0.25, -0.2) is 4.79 Å². The highest BCUT2D eigenvalue weighted by molar-refractivity contribution is 7.99. The second-order valence-electron chi connectivity index (χ2n) is 4.30. The van der Waals surface area contributed by atoms with Crippen LogP contribution in [0.25, 0.3) is 0 Å². The molecule has 0 saturated heterocycles. The van der Waals surface area contributed by atoms with Crippen LogP contribution in [0.3, 0.4) is 0 Å². The number of rotatable bonds is 5. The van der Waals surface area contributed by atoms with Gasteiger partial charge in [-0.3, -0.25) is 10.1 Å². The molecule has 0 radical (unpaired) electrons. The van der Waals surface area contributed by atoms with E-state index in [0.717, 1.165) is 5.56 Å². The maximum Gasteiger partial charge on any atom is 0.321 e. The molecule has 0 aliphatic heterocycles. The van der Waals surface area contributed by atoms with E-state index in [2.05, 4.69) is 10.6 Å². The highest BCUT2D eigenvalue weighted by atomic mass is 35.5. The molecular formula is C13H17ClN2O2S. The maximum absolute atomic E-state index is 11.5. The van der Waals surface area contributed by atoms with Gasteiger partial charge in [0.2, 0.25) is 5.91 Å². The van der Waals surface area contributed by atoms with Crippen molar-refractivity contribution in [2.45, 2.75) is 25.6 Å². The van der Waals surface area contributed by atoms with Crippen molar-refractivity contribution in [1.29, 1.82) is 0 Å². The zero-order valence-corrected chi connectivity index (χ0v) is 12.5. The van der Waals surface area contributed by atoms with Crippen molar-refractivity contribution in [2.24, 2.45) is 0 Å². The fourth-order valence-electron chi connectivity index (χ4n) is 1.30. The summed E-state index contributed by atoms with van der Waals surface area (Å²) in [5.41, 5.74) is 1.09. The number of halogens is 1. The number of amides is 3. The van der Waals surface area contributed by atoms with Crippen molar-refractivity contribution in [3.8, 4) is 0 Å². The first-order valence-electron chi connectivity index (χ1n) is 5.90. The Kier molecular flexibility index (Phi) is 6.73. The molecule has 19 heavy (non-hydrogen) atoms. The zero-order chi connectivity index (χ0) is 14.3. The van der Waals surface area contributed by atoms with Crippen molar-refractivity contribution in [1.82, 2.24) is 10.6 Å². The van der Waals surface area contributed by atoms with Gasteiger partial charge in [0.15, 0.2) is 0 Å². The maximum atomic E-state index is 11.5. The van der Waals surface area contributed by atoms with Crippen LogP contribution in [-0.2, 0) is 10.5 Å². The Morgan fingerprint density at radius 2 is 1.89 bits per heavy atom. The lowest BCUT2D eigenvalue weighted by atomic mass is 10.2. The van der Waals surface area contributed by atoms with E-state index in [-0.39, 0.29) is 17.7 Å². The molecule has 0 heterocycles. The van der Waals surface area contributed by atoms with E-state index in [1.54, 1.807) is 0 Å². The van der Waals surface area contributed by atoms with Crippen LogP contribution in [0.15, 0.2) is 24.3 Å². The Morgan fingerprint density at radius 1 is 1.26 bits per heavy atom. The molecule has 0 aromatic heterocycles. The molecule has 0 aliphatic rings. The third kappa shape index (κ3) is 7.08. The summed E-state index contributed by atoms with van der Waals surface area (Å²) in [5, 5.41) is 5.56. The second kappa shape index (κ2) is 8.07. The number of hydrogen-bond donors (Lipinski definition) is 2. The molecule has 104 valence electrons. The van der Waals surface area contributed by atoms with Gasteiger partial charge in [0.25, 0.3) is 0 Å². The summed E-state index contributed by atoms with van der Waals surface area (Å²) in [5.74, 6) is 0.655. The van der Waals surface area contributed by atoms with Crippen LogP contribution in [0.2, 0.25) is 5.02 Å². The van der Waals surface area contributed by atoms with E-state index in [4.69, 9.17) is 11.6 Å². The number of hydrogen-bond acceptors (Lipinski definition) is 3. The van der Waals surface area contributed by atoms with Crippen LogP contribution in [-0.4, -0.2) is 23.7 Å². The first-order chi connectivity index (χ1) is 8.97. The van der Waals surface area contributed by atoms with E-state index in [0.29, 0.717) is 10.8 Å². The minimum Gasteiger partial charge on any atom is -0.336 e. The highest BCUT2D eigenvalue weighted by Crippen LogP contribution is 2.15. The normalized spacial score (nSPS) is 10.3. The largest absolute Gasteiger partial charge is 0.336 e. The van der Waals surface area contributed by atoms with Gasteiger partial charge in [-0.1, -0.05) is 23.7 Å². The van der Waals surface area contributed by atoms with Gasteiger partial charge in [-0.05, 0) is 31.5 Å². The monoisotopic (exact) mass is 300 g/mol. The van der Waals surface area contributed by atoms with Crippen molar-refractivity contribution >= 4 is 35.3 Å². The minimum absolute atomic E-state index is 0.00882. The number of nitrogens with one attached hydrogen (secondary N) is 2. The van der Waals surface area contributed by atoms with Crippen LogP contribution in [0.1, 0.15) is 19.4 Å². The van der Waals surface area contributed by atoms with Gasteiger partial charge in [0.05, 0.1) is 5.75 Å². The van der Waals surface area contributed by atoms with Crippen molar-refractivity contribution in [3.05, 3.63) is 34.9 Å². The van der Waals surface area contributed by atoms with Crippen LogP contribution in [0.5, 0.6) is 0 Å². The molecule has 1 aromatic carbocycles. The Bertz CT molecular complexity index is 435. The molecule has 0 atom stereocenters. The van der Waals surface area contributed by atoms with E-state index in [1.165, 1.54) is 11.8 Å². The van der Waals surface area contributed by atoms with Gasteiger partial charge in [-0.15, -0.1) is 11.8 Å². The van der Waals surface area contributed by atoms with Gasteiger partial charge in [0.1, 0.15) is 0 Å². The molecule has 0 aliphatic carbocycles. The van der Waals surface area contributed by atoms with Crippen LogP contribution < -0.4 is 10.6 Å². The summed E-state index contributed by atoms with van der Waals surface area (Å²) in [7, 11) is 0. The summed E-state index contributed by atoms with van der Waals surface area (Å²) < 4.78 is 0. The van der Waals surface area contributed by atoms with Gasteiger partial charge in [0, 0.05) is 16.8 Å². The quantitative estimate of drug-likeness (QED) is 0.879. The molecule has 0 fully saturated rings. The standard InChI is InChI=1S/C13H17ClN2O2S/c1-9(2)15-13(18)16-12(17)8-19-7-10-3-5-11(14)6-4-10/h3-6,9H,7-8H2,1-2H3,(H2,15,16,17,18). The molecule has 6 heteroatoms. The molecular weight excluding hydrogens is 284 g/mol. The predicted molar refractivity (Wildman–Crippen MR) is 79.4 cm³/mol. The first-order valence-corrected chi connectivity index (χ1v) is 7.43. The Morgan fingerprint density at radius 3 is 2.47 bits per heavy atom. The number of urea groups is 1. The van der Waals surface area contributed by atoms with E-state index < -0.39 is 6.03 Å². The molecule has 0 spiro atoms. The smallest absolute Gasteiger partial charge is 0.321 e. The molecule has 3 amide bonds. The van der Waals surface area contributed by atoms with Gasteiger partial charge in [-0.2, -0.15) is 0 Å². The van der Waals surface area contributed by atoms with E-state index in [9.17, 15) is 9.59 Å². The predicted octanol–water partition coefficient (Wildman–Crippen LogP) is 2.81. The summed E-state index contributed by atoms with van der Waals surface area (Å²) in [6.45, 7) is 3.67. The number of carbonyl (C=O) groups excluding carboxylic acids is 2. The highest BCUT2D eigenvalue weighted by Gasteiger charge is 2.08. The SMILES string of the molecule is CC(C)NC(=O)NC(=O)CSCc1ccc(Cl)cc1. The molecule has 0 saturated carbocycles. The van der Waals surface area contributed by atoms with Crippen LogP contribution in [0.4, 0.5) is 4.79 Å². The zero-order valence-electron chi connectivity index (χ0n) is 10.9. The lowest BCUT2D eigenvalue weighted by Crippen LogP contribution is -2.43. The molecule has 1 rings (SSSR count). The molecule has 1 aromatic rings. The average Bonchev–Trinajstić information content (AvgIpc) is 2.30. The molecule has 2 N–H and O–H groups in total. The van der Waals surface area contributed by atoms with E-state index in [1.807, 2.05) is 38.1 Å². The fraction of sp³-hybridized carbons (Fsp3) is 0.385. The van der Waals surface area contributed by atoms with Crippen LogP contribution in [0, 0.1) is 0 Å². The number of benzene rings is 1. The first kappa shape index (κ1) is 15.9. The topological polar surface area (TPSA) is 58.2 Å². The van der Waals surface area contributed by atoms with Crippen LogP contribution >= 0.6 is 23.4 Å². The Balaban J connectivity index is 2.23. The molecule has 0 unspecified atom stereocenters. The minimum atomic E-state index is -0.452. The van der Waals surface area contributed by atoms with Crippen molar-refractivity contribution in [2.75, 3.05) is 5.75 Å². The molecule has 4 nitrogen and oxygen atoms in total. The summed E-state index contributed by atoms with van der Waals surface area (Å²) in [6.07, 6.45) is 0. The lowest BCUT2D eigenvalue weighted by Gasteiger charge is -2.09. The third-order valence-electron chi connectivity index (χ3n) is 2.09. The number of thioether (sulfide) groups is 1. The Labute approximate surface area is 122 Å². The van der Waals surface area contributed by atoms with Gasteiger partial charge < -0.3 is 5.32 Å². The van der Waals surface area contributed by atoms with Crippen molar-refractivity contribution in [3.63, 3.8) is 0 Å². The van der Waals surface area contributed by atoms with E-state index >= 15 is 0 Å². The average molecular weight is 301 g/mol.